The number of amides is 1. The summed E-state index contributed by atoms with van der Waals surface area (Å²) in [7, 11) is 0. The summed E-state index contributed by atoms with van der Waals surface area (Å²) in [4.78, 5) is 15.2. The number of nitrogens with two attached hydrogens (primary N) is 1. The molecule has 0 aliphatic rings. The number of aromatic amines is 1. The number of fused-ring (bicyclic) bond motifs is 3. The molecule has 0 aliphatic carbocycles. The molecular weight excluding hydrogens is 250 g/mol. The van der Waals surface area contributed by atoms with Crippen molar-refractivity contribution in [1.29, 1.82) is 0 Å². The van der Waals surface area contributed by atoms with Gasteiger partial charge in [-0.2, -0.15) is 0 Å². The second kappa shape index (κ2) is 4.56. The lowest BCUT2D eigenvalue weighted by atomic mass is 10.1. The lowest BCUT2D eigenvalue weighted by molar-refractivity contribution is 0.100. The van der Waals surface area contributed by atoms with Crippen LogP contribution in [0, 0.1) is 0 Å². The van der Waals surface area contributed by atoms with Crippen LogP contribution in [0.25, 0.3) is 21.8 Å². The molecule has 4 heteroatoms. The van der Waals surface area contributed by atoms with Gasteiger partial charge in [0.15, 0.2) is 0 Å². The fraction of sp³-hybridized carbons (Fsp3) is 0.188. The lowest BCUT2D eigenvalue weighted by Crippen LogP contribution is -2.18. The van der Waals surface area contributed by atoms with Crippen molar-refractivity contribution < 1.29 is 4.79 Å². The molecule has 1 amide bonds. The van der Waals surface area contributed by atoms with E-state index in [-0.39, 0.29) is 6.04 Å². The summed E-state index contributed by atoms with van der Waals surface area (Å²) >= 11 is 0. The van der Waals surface area contributed by atoms with Crippen molar-refractivity contribution in [1.82, 2.24) is 4.98 Å². The Hall–Kier alpha value is -2.49. The van der Waals surface area contributed by atoms with Gasteiger partial charge in [-0.05, 0) is 26.0 Å². The molecule has 0 unspecified atom stereocenters. The Labute approximate surface area is 117 Å². The Kier molecular flexibility index (Phi) is 2.86. The largest absolute Gasteiger partial charge is 0.382 e. The van der Waals surface area contributed by atoms with Gasteiger partial charge >= 0.3 is 0 Å². The topological polar surface area (TPSA) is 70.9 Å². The molecule has 3 aromatic rings. The van der Waals surface area contributed by atoms with Gasteiger partial charge in [0.05, 0.1) is 11.1 Å². The van der Waals surface area contributed by atoms with Crippen LogP contribution in [-0.2, 0) is 0 Å². The molecule has 3 rings (SSSR count). The number of benzene rings is 2. The number of nitrogens with one attached hydrogen (secondary N) is 2. The van der Waals surface area contributed by atoms with Crippen LogP contribution >= 0.6 is 0 Å². The zero-order valence-corrected chi connectivity index (χ0v) is 11.5. The van der Waals surface area contributed by atoms with Gasteiger partial charge in [-0.25, -0.2) is 0 Å². The van der Waals surface area contributed by atoms with Crippen LogP contribution in [0.15, 0.2) is 36.4 Å². The standard InChI is InChI=1S/C16H17N3O/c1-9(2)18-13-8-7-11-10-5-3-4-6-12(10)19-15(11)14(13)16(17)20/h3-9,18-19H,1-2H3,(H2,17,20). The lowest BCUT2D eigenvalue weighted by Gasteiger charge is -2.13. The molecule has 20 heavy (non-hydrogen) atoms. The molecule has 4 nitrogen and oxygen atoms in total. The van der Waals surface area contributed by atoms with Gasteiger partial charge in [0, 0.05) is 28.0 Å². The number of hydrogen-bond donors (Lipinski definition) is 3. The van der Waals surface area contributed by atoms with E-state index in [0.29, 0.717) is 5.56 Å². The predicted molar refractivity (Wildman–Crippen MR) is 83.1 cm³/mol. The van der Waals surface area contributed by atoms with Crippen molar-refractivity contribution in [2.75, 3.05) is 5.32 Å². The van der Waals surface area contributed by atoms with E-state index in [0.717, 1.165) is 27.5 Å². The van der Waals surface area contributed by atoms with Crippen LogP contribution in [0.4, 0.5) is 5.69 Å². The van der Waals surface area contributed by atoms with Crippen LogP contribution in [0.2, 0.25) is 0 Å². The highest BCUT2D eigenvalue weighted by Crippen LogP contribution is 2.31. The van der Waals surface area contributed by atoms with Crippen LogP contribution in [0.3, 0.4) is 0 Å². The monoisotopic (exact) mass is 267 g/mol. The summed E-state index contributed by atoms with van der Waals surface area (Å²) in [6.45, 7) is 4.06. The maximum atomic E-state index is 11.9. The maximum Gasteiger partial charge on any atom is 0.252 e. The fourth-order valence-corrected chi connectivity index (χ4v) is 2.61. The molecule has 0 radical (unpaired) electrons. The number of carbonyl (C=O) groups excluding carboxylic acids is 1. The van der Waals surface area contributed by atoms with Crippen molar-refractivity contribution in [3.63, 3.8) is 0 Å². The maximum absolute atomic E-state index is 11.9. The molecule has 0 aliphatic heterocycles. The predicted octanol–water partition coefficient (Wildman–Crippen LogP) is 3.24. The van der Waals surface area contributed by atoms with Crippen molar-refractivity contribution >= 4 is 33.4 Å². The van der Waals surface area contributed by atoms with Crippen molar-refractivity contribution in [2.45, 2.75) is 19.9 Å². The van der Waals surface area contributed by atoms with E-state index < -0.39 is 5.91 Å². The Bertz CT molecular complexity index is 802. The number of primary amides is 1. The van der Waals surface area contributed by atoms with Crippen molar-refractivity contribution in [2.24, 2.45) is 5.73 Å². The molecule has 0 fully saturated rings. The molecule has 0 atom stereocenters. The Morgan fingerprint density at radius 2 is 1.90 bits per heavy atom. The van der Waals surface area contributed by atoms with E-state index in [1.54, 1.807) is 0 Å². The van der Waals surface area contributed by atoms with Crippen LogP contribution < -0.4 is 11.1 Å². The van der Waals surface area contributed by atoms with Gasteiger partial charge in [0.1, 0.15) is 0 Å². The van der Waals surface area contributed by atoms with Crippen LogP contribution in [0.1, 0.15) is 24.2 Å². The normalized spacial score (nSPS) is 11.3. The van der Waals surface area contributed by atoms with Gasteiger partial charge in [-0.3, -0.25) is 4.79 Å². The third kappa shape index (κ3) is 1.90. The van der Waals surface area contributed by atoms with Gasteiger partial charge in [0.2, 0.25) is 0 Å². The first-order chi connectivity index (χ1) is 9.58. The second-order valence-corrected chi connectivity index (χ2v) is 5.24. The minimum atomic E-state index is -0.426. The highest BCUT2D eigenvalue weighted by atomic mass is 16.1. The molecule has 0 saturated carbocycles. The number of rotatable bonds is 3. The highest BCUT2D eigenvalue weighted by molar-refractivity contribution is 6.17. The van der Waals surface area contributed by atoms with Crippen LogP contribution in [-0.4, -0.2) is 16.9 Å². The van der Waals surface area contributed by atoms with Gasteiger partial charge in [-0.1, -0.05) is 24.3 Å². The number of aromatic nitrogens is 1. The molecule has 0 saturated heterocycles. The summed E-state index contributed by atoms with van der Waals surface area (Å²) in [5.41, 5.74) is 8.67. The van der Waals surface area contributed by atoms with E-state index in [4.69, 9.17) is 5.73 Å². The summed E-state index contributed by atoms with van der Waals surface area (Å²) in [6, 6.07) is 12.2. The Morgan fingerprint density at radius 3 is 2.60 bits per heavy atom. The molecule has 0 bridgehead atoms. The Balaban J connectivity index is 2.36. The van der Waals surface area contributed by atoms with E-state index in [1.807, 2.05) is 50.2 Å². The van der Waals surface area contributed by atoms with Gasteiger partial charge in [-0.15, -0.1) is 0 Å². The number of H-pyrrole nitrogens is 1. The molecule has 4 N–H and O–H groups in total. The number of para-hydroxylation sites is 1. The number of carbonyl (C=O) groups is 1. The van der Waals surface area contributed by atoms with Crippen molar-refractivity contribution in [3.05, 3.63) is 42.0 Å². The fourth-order valence-electron chi connectivity index (χ4n) is 2.61. The minimum absolute atomic E-state index is 0.231. The quantitative estimate of drug-likeness (QED) is 0.681. The molecule has 2 aromatic carbocycles. The van der Waals surface area contributed by atoms with E-state index in [9.17, 15) is 4.79 Å². The van der Waals surface area contributed by atoms with E-state index in [1.165, 1.54) is 0 Å². The molecule has 102 valence electrons. The second-order valence-electron chi connectivity index (χ2n) is 5.24. The average molecular weight is 267 g/mol. The summed E-state index contributed by atoms with van der Waals surface area (Å²) in [5, 5.41) is 5.39. The third-order valence-electron chi connectivity index (χ3n) is 3.37. The zero-order chi connectivity index (χ0) is 14.3. The SMILES string of the molecule is CC(C)Nc1ccc2c([nH]c3ccccc32)c1C(N)=O. The molecular formula is C16H17N3O. The summed E-state index contributed by atoms with van der Waals surface area (Å²) in [5.74, 6) is -0.426. The molecule has 0 spiro atoms. The summed E-state index contributed by atoms with van der Waals surface area (Å²) in [6.07, 6.45) is 0. The first-order valence-electron chi connectivity index (χ1n) is 6.67. The highest BCUT2D eigenvalue weighted by Gasteiger charge is 2.16. The van der Waals surface area contributed by atoms with Gasteiger partial charge in [0.25, 0.3) is 5.91 Å². The van der Waals surface area contributed by atoms with E-state index >= 15 is 0 Å². The first kappa shape index (κ1) is 12.5. The molecule has 1 aromatic heterocycles. The smallest absolute Gasteiger partial charge is 0.252 e. The van der Waals surface area contributed by atoms with Crippen molar-refractivity contribution in [3.8, 4) is 0 Å². The van der Waals surface area contributed by atoms with Crippen LogP contribution in [0.5, 0.6) is 0 Å². The molecule has 1 heterocycles. The van der Waals surface area contributed by atoms with Gasteiger partial charge < -0.3 is 16.0 Å². The third-order valence-corrected chi connectivity index (χ3v) is 3.37. The van der Waals surface area contributed by atoms with E-state index in [2.05, 4.69) is 10.3 Å². The average Bonchev–Trinajstić information content (AvgIpc) is 2.75. The minimum Gasteiger partial charge on any atom is -0.382 e. The number of anilines is 1. The zero-order valence-electron chi connectivity index (χ0n) is 11.5. The first-order valence-corrected chi connectivity index (χ1v) is 6.67. The number of hydrogen-bond acceptors (Lipinski definition) is 2. The Morgan fingerprint density at radius 1 is 1.15 bits per heavy atom. The summed E-state index contributed by atoms with van der Waals surface area (Å²) < 4.78 is 0.